The molecule has 1 heteroatoms. The Balaban J connectivity index is 1.60. The van der Waals surface area contributed by atoms with Crippen LogP contribution >= 0.6 is 15.9 Å². The van der Waals surface area contributed by atoms with Crippen molar-refractivity contribution in [3.05, 3.63) is 82.3 Å². The molecule has 0 atom stereocenters. The van der Waals surface area contributed by atoms with Crippen molar-refractivity contribution >= 4 is 80.6 Å². The average molecular weight is 602 g/mol. The zero-order chi connectivity index (χ0) is 27.9. The lowest BCUT2D eigenvalue weighted by Gasteiger charge is -2.15. The molecule has 41 heavy (non-hydrogen) atoms. The molecule has 7 aromatic rings. The quantitative estimate of drug-likeness (QED) is 0.122. The van der Waals surface area contributed by atoms with E-state index in [2.05, 4.69) is 96.5 Å². The van der Waals surface area contributed by atoms with E-state index in [1.807, 2.05) is 0 Å². The number of fused-ring (bicyclic) bond motifs is 6. The predicted molar refractivity (Wildman–Crippen MR) is 186 cm³/mol. The van der Waals surface area contributed by atoms with Gasteiger partial charge in [-0.3, -0.25) is 0 Å². The molecule has 0 N–H and O–H groups in total. The molecule has 208 valence electrons. The van der Waals surface area contributed by atoms with E-state index in [1.54, 1.807) is 32.7 Å². The zero-order valence-corrected chi connectivity index (χ0v) is 26.3. The molecule has 0 amide bonds. The van der Waals surface area contributed by atoms with Crippen LogP contribution in [-0.4, -0.2) is 0 Å². The maximum atomic E-state index is 3.90. The van der Waals surface area contributed by atoms with Crippen LogP contribution in [0.2, 0.25) is 0 Å². The summed E-state index contributed by atoms with van der Waals surface area (Å²) in [7, 11) is 0. The summed E-state index contributed by atoms with van der Waals surface area (Å²) >= 11 is 3.90. The number of benzene rings is 5. The highest BCUT2D eigenvalue weighted by molar-refractivity contribution is 9.10. The second-order valence-electron chi connectivity index (χ2n) is 12.3. The van der Waals surface area contributed by atoms with Crippen molar-refractivity contribution in [2.24, 2.45) is 0 Å². The molecule has 0 nitrogen and oxygen atoms in total. The number of unbranched alkanes of at least 4 members (excludes halogenated alkanes) is 8. The van der Waals surface area contributed by atoms with Gasteiger partial charge in [-0.1, -0.05) is 142 Å². The van der Waals surface area contributed by atoms with Crippen LogP contribution in [-0.2, 0) is 12.8 Å². The molecule has 0 bridgehead atoms. The van der Waals surface area contributed by atoms with Crippen molar-refractivity contribution in [2.45, 2.75) is 90.9 Å². The Morgan fingerprint density at radius 2 is 0.854 bits per heavy atom. The highest BCUT2D eigenvalue weighted by Gasteiger charge is 2.25. The normalized spacial score (nSPS) is 12.5. The molecule has 0 unspecified atom stereocenters. The van der Waals surface area contributed by atoms with Crippen LogP contribution in [0.25, 0.3) is 64.6 Å². The van der Waals surface area contributed by atoms with E-state index in [0.717, 1.165) is 12.8 Å². The summed E-state index contributed by atoms with van der Waals surface area (Å²) in [5, 5.41) is 17.7. The van der Waals surface area contributed by atoms with E-state index in [1.165, 1.54) is 112 Å². The van der Waals surface area contributed by atoms with E-state index in [0.29, 0.717) is 0 Å². The maximum absolute atomic E-state index is 3.90. The summed E-state index contributed by atoms with van der Waals surface area (Å²) in [6, 6.07) is 25.7. The summed E-state index contributed by atoms with van der Waals surface area (Å²) < 4.78 is 1.20. The van der Waals surface area contributed by atoms with Gasteiger partial charge in [-0.15, -0.1) is 0 Å². The summed E-state index contributed by atoms with van der Waals surface area (Å²) in [5.41, 5.74) is 3.20. The topological polar surface area (TPSA) is 0 Å². The fourth-order valence-corrected chi connectivity index (χ4v) is 8.36. The van der Waals surface area contributed by atoms with Gasteiger partial charge in [0.25, 0.3) is 0 Å². The number of halogens is 1. The second-order valence-corrected chi connectivity index (χ2v) is 13.2. The third kappa shape index (κ3) is 4.38. The summed E-state index contributed by atoms with van der Waals surface area (Å²) in [5.74, 6) is 0. The molecule has 0 saturated carbocycles. The van der Waals surface area contributed by atoms with Crippen LogP contribution in [0.1, 0.15) is 89.2 Å². The third-order valence-electron chi connectivity index (χ3n) is 9.74. The van der Waals surface area contributed by atoms with Gasteiger partial charge in [-0.25, -0.2) is 0 Å². The fourth-order valence-electron chi connectivity index (χ4n) is 7.90. The molecular weight excluding hydrogens is 560 g/mol. The van der Waals surface area contributed by atoms with Gasteiger partial charge in [0.1, 0.15) is 0 Å². The Hall–Kier alpha value is -2.90. The lowest BCUT2D eigenvalue weighted by molar-refractivity contribution is 0.633. The molecule has 0 spiro atoms. The number of aryl methyl sites for hydroxylation is 2. The first kappa shape index (κ1) is 27.0. The van der Waals surface area contributed by atoms with Crippen molar-refractivity contribution in [1.82, 2.24) is 0 Å². The first-order valence-corrected chi connectivity index (χ1v) is 17.0. The largest absolute Gasteiger partial charge is 0.0654 e. The van der Waals surface area contributed by atoms with Gasteiger partial charge in [0.05, 0.1) is 0 Å². The Labute approximate surface area is 252 Å². The van der Waals surface area contributed by atoms with Crippen molar-refractivity contribution in [3.63, 3.8) is 0 Å². The van der Waals surface area contributed by atoms with Crippen molar-refractivity contribution in [1.29, 1.82) is 0 Å². The van der Waals surface area contributed by atoms with Crippen LogP contribution in [0.5, 0.6) is 0 Å². The predicted octanol–water partition coefficient (Wildman–Crippen LogP) is 13.3. The number of hydrogen-bond acceptors (Lipinski definition) is 0. The minimum Gasteiger partial charge on any atom is -0.0654 e. The molecule has 0 aliphatic rings. The Bertz CT molecular complexity index is 1880. The lowest BCUT2D eigenvalue weighted by Crippen LogP contribution is -1.95. The molecule has 7 rings (SSSR count). The van der Waals surface area contributed by atoms with E-state index in [4.69, 9.17) is 0 Å². The number of rotatable bonds is 12. The summed E-state index contributed by atoms with van der Waals surface area (Å²) in [4.78, 5) is 0. The highest BCUT2D eigenvalue weighted by Crippen LogP contribution is 2.51. The maximum Gasteiger partial charge on any atom is 0.0254 e. The molecule has 0 radical (unpaired) electrons. The van der Waals surface area contributed by atoms with Gasteiger partial charge >= 0.3 is 0 Å². The molecule has 7 aromatic carbocycles. The SMILES string of the molecule is CCCCCCCc1c2c3cccc4cccc(c2c(CCCCCCC)c2c5ccc(Br)c6cccc(c12)c65)c43. The minimum atomic E-state index is 1.15. The summed E-state index contributed by atoms with van der Waals surface area (Å²) in [6.45, 7) is 4.63. The Morgan fingerprint density at radius 3 is 1.39 bits per heavy atom. The first-order chi connectivity index (χ1) is 20.2. The smallest absolute Gasteiger partial charge is 0.0254 e. The van der Waals surface area contributed by atoms with E-state index in [9.17, 15) is 0 Å². The van der Waals surface area contributed by atoms with Crippen LogP contribution in [0.4, 0.5) is 0 Å². The Kier molecular flexibility index (Phi) is 7.50. The van der Waals surface area contributed by atoms with Gasteiger partial charge < -0.3 is 0 Å². The van der Waals surface area contributed by atoms with Crippen LogP contribution in [0, 0.1) is 0 Å². The van der Waals surface area contributed by atoms with E-state index < -0.39 is 0 Å². The second kappa shape index (κ2) is 11.4. The average Bonchev–Trinajstić information content (AvgIpc) is 3.51. The van der Waals surface area contributed by atoms with E-state index >= 15 is 0 Å². The van der Waals surface area contributed by atoms with Crippen molar-refractivity contribution < 1.29 is 0 Å². The van der Waals surface area contributed by atoms with Crippen LogP contribution in [0.3, 0.4) is 0 Å². The molecule has 0 heterocycles. The van der Waals surface area contributed by atoms with Crippen LogP contribution < -0.4 is 0 Å². The number of hydrogen-bond donors (Lipinski definition) is 0. The molecule has 0 fully saturated rings. The van der Waals surface area contributed by atoms with Gasteiger partial charge in [-0.2, -0.15) is 0 Å². The van der Waals surface area contributed by atoms with Crippen molar-refractivity contribution in [2.75, 3.05) is 0 Å². The molecule has 0 aromatic heterocycles. The fraction of sp³-hybridized carbons (Fsp3) is 0.350. The monoisotopic (exact) mass is 600 g/mol. The first-order valence-electron chi connectivity index (χ1n) is 16.2. The lowest BCUT2D eigenvalue weighted by atomic mass is 9.88. The minimum absolute atomic E-state index is 1.15. The Morgan fingerprint density at radius 1 is 0.415 bits per heavy atom. The molecule has 0 saturated heterocycles. The summed E-state index contributed by atoms with van der Waals surface area (Å²) in [6.07, 6.45) is 15.4. The molecule has 0 aliphatic heterocycles. The van der Waals surface area contributed by atoms with Gasteiger partial charge in [0, 0.05) is 4.47 Å². The van der Waals surface area contributed by atoms with Crippen molar-refractivity contribution in [3.8, 4) is 0 Å². The van der Waals surface area contributed by atoms with Gasteiger partial charge in [-0.05, 0) is 108 Å². The highest BCUT2D eigenvalue weighted by atomic mass is 79.9. The van der Waals surface area contributed by atoms with Gasteiger partial charge in [0.15, 0.2) is 0 Å². The molecular formula is C40H41Br. The van der Waals surface area contributed by atoms with Gasteiger partial charge in [0.2, 0.25) is 0 Å². The standard InChI is InChI=1S/C40H41Br/c1-3-5-7-9-11-18-31-37-28-21-13-16-26-17-14-22-29(35(26)28)38(37)32(19-12-10-8-6-4-2)40-33-24-25-34(41)27-20-15-23-30(36(27)33)39(31)40/h13-17,20-25H,3-12,18-19H2,1-2H3. The van der Waals surface area contributed by atoms with Crippen LogP contribution in [0.15, 0.2) is 71.2 Å². The molecule has 0 aliphatic carbocycles. The third-order valence-corrected chi connectivity index (χ3v) is 10.4. The van der Waals surface area contributed by atoms with E-state index in [-0.39, 0.29) is 0 Å². The zero-order valence-electron chi connectivity index (χ0n) is 24.7.